The smallest absolute Gasteiger partial charge is 0.307 e. The number of carbonyl (C=O) groups excluding carboxylic acids is 1. The van der Waals surface area contributed by atoms with Crippen molar-refractivity contribution in [3.63, 3.8) is 0 Å². The Kier molecular flexibility index (Phi) is 4.89. The molecule has 120 valence electrons. The van der Waals surface area contributed by atoms with Gasteiger partial charge in [0.2, 0.25) is 5.91 Å². The Labute approximate surface area is 124 Å². The maximum absolute atomic E-state index is 13.2. The second kappa shape index (κ2) is 6.67. The third kappa shape index (κ3) is 3.69. The Hall–Kier alpha value is -2.25. The highest BCUT2D eigenvalue weighted by molar-refractivity contribution is 5.97. The Morgan fingerprint density at radius 2 is 2.00 bits per heavy atom. The summed E-state index contributed by atoms with van der Waals surface area (Å²) >= 11 is 0. The molecule has 0 bridgehead atoms. The third-order valence-corrected chi connectivity index (χ3v) is 3.49. The quantitative estimate of drug-likeness (QED) is 0.845. The van der Waals surface area contributed by atoms with Gasteiger partial charge in [-0.3, -0.25) is 9.59 Å². The first kappa shape index (κ1) is 16.1. The minimum absolute atomic E-state index is 0.0306. The molecule has 1 aromatic carbocycles. The van der Waals surface area contributed by atoms with Crippen LogP contribution >= 0.6 is 0 Å². The van der Waals surface area contributed by atoms with E-state index in [9.17, 15) is 22.8 Å². The fourth-order valence-corrected chi connectivity index (χ4v) is 2.21. The number of rotatable bonds is 6. The van der Waals surface area contributed by atoms with Crippen LogP contribution in [-0.2, 0) is 9.59 Å². The number of halogens is 3. The Bertz CT molecular complexity index is 579. The molecule has 0 radical (unpaired) electrons. The zero-order chi connectivity index (χ0) is 16.3. The summed E-state index contributed by atoms with van der Waals surface area (Å²) in [6.45, 7) is -0.937. The first-order valence-corrected chi connectivity index (χ1v) is 6.62. The number of hydrogen-bond acceptors (Lipinski definition) is 3. The van der Waals surface area contributed by atoms with E-state index in [1.54, 1.807) is 0 Å². The number of benzene rings is 1. The number of carbonyl (C=O) groups is 2. The topological polar surface area (TPSA) is 75.6 Å². The molecule has 1 aliphatic carbocycles. The molecule has 1 aliphatic rings. The van der Waals surface area contributed by atoms with E-state index in [1.165, 1.54) is 6.07 Å². The van der Waals surface area contributed by atoms with Crippen LogP contribution in [0.2, 0.25) is 0 Å². The number of nitrogens with one attached hydrogen (secondary N) is 1. The molecule has 8 heteroatoms. The molecule has 0 saturated heterocycles. The van der Waals surface area contributed by atoms with E-state index in [2.05, 4.69) is 5.32 Å². The molecular formula is C14H14F3NO4. The van der Waals surface area contributed by atoms with Gasteiger partial charge in [0.05, 0.1) is 17.5 Å². The summed E-state index contributed by atoms with van der Waals surface area (Å²) in [5.41, 5.74) is 0.0306. The highest BCUT2D eigenvalue weighted by Gasteiger charge is 2.41. The van der Waals surface area contributed by atoms with Gasteiger partial charge in [-0.2, -0.15) is 0 Å². The van der Waals surface area contributed by atoms with Crippen LogP contribution in [0.1, 0.15) is 12.8 Å². The van der Waals surface area contributed by atoms with Gasteiger partial charge in [0.1, 0.15) is 18.2 Å². The summed E-state index contributed by atoms with van der Waals surface area (Å²) in [5.74, 6) is -3.97. The molecule has 0 heterocycles. The molecule has 2 unspecified atom stereocenters. The van der Waals surface area contributed by atoms with Crippen LogP contribution in [0, 0.1) is 17.7 Å². The largest absolute Gasteiger partial charge is 0.485 e. The van der Waals surface area contributed by atoms with E-state index in [0.717, 1.165) is 12.1 Å². The number of ether oxygens (including phenoxy) is 1. The molecule has 0 spiro atoms. The third-order valence-electron chi connectivity index (χ3n) is 3.49. The summed E-state index contributed by atoms with van der Waals surface area (Å²) in [7, 11) is 0. The van der Waals surface area contributed by atoms with Gasteiger partial charge in [-0.1, -0.05) is 0 Å². The lowest BCUT2D eigenvalue weighted by Gasteiger charge is -2.32. The second-order valence-corrected chi connectivity index (χ2v) is 4.96. The predicted molar refractivity (Wildman–Crippen MR) is 70.4 cm³/mol. The fourth-order valence-electron chi connectivity index (χ4n) is 2.21. The molecule has 2 atom stereocenters. The van der Waals surface area contributed by atoms with Crippen molar-refractivity contribution in [3.8, 4) is 5.75 Å². The number of amides is 1. The van der Waals surface area contributed by atoms with E-state index < -0.39 is 42.6 Å². The molecule has 1 saturated carbocycles. The van der Waals surface area contributed by atoms with Gasteiger partial charge >= 0.3 is 5.97 Å². The normalized spacial score (nSPS) is 20.4. The standard InChI is InChI=1S/C14H14F3NO4/c15-7-1-4-10(11(5-7)22-6-12(16)17)18-13(19)8-2-3-9(8)14(20)21/h1,4-5,8-9,12H,2-3,6H2,(H,18,19)(H,20,21). The zero-order valence-corrected chi connectivity index (χ0v) is 11.4. The minimum Gasteiger partial charge on any atom is -0.485 e. The lowest BCUT2D eigenvalue weighted by molar-refractivity contribution is -0.151. The molecule has 0 aromatic heterocycles. The molecule has 1 fully saturated rings. The molecule has 5 nitrogen and oxygen atoms in total. The van der Waals surface area contributed by atoms with Crippen molar-refractivity contribution in [1.29, 1.82) is 0 Å². The Morgan fingerprint density at radius 3 is 2.55 bits per heavy atom. The number of hydrogen-bond donors (Lipinski definition) is 2. The molecule has 1 aromatic rings. The van der Waals surface area contributed by atoms with E-state index in [0.29, 0.717) is 12.8 Å². The number of carboxylic acids is 1. The molecule has 22 heavy (non-hydrogen) atoms. The fraction of sp³-hybridized carbons (Fsp3) is 0.429. The maximum atomic E-state index is 13.2. The molecule has 0 aliphatic heterocycles. The van der Waals surface area contributed by atoms with Crippen molar-refractivity contribution in [1.82, 2.24) is 0 Å². The van der Waals surface area contributed by atoms with Gasteiger partial charge < -0.3 is 15.2 Å². The van der Waals surface area contributed by atoms with Gasteiger partial charge in [-0.15, -0.1) is 0 Å². The van der Waals surface area contributed by atoms with Gasteiger partial charge in [-0.05, 0) is 25.0 Å². The van der Waals surface area contributed by atoms with Crippen LogP contribution in [0.15, 0.2) is 18.2 Å². The van der Waals surface area contributed by atoms with Gasteiger partial charge in [0, 0.05) is 6.07 Å². The lowest BCUT2D eigenvalue weighted by atomic mass is 9.73. The summed E-state index contributed by atoms with van der Waals surface area (Å²) in [4.78, 5) is 22.9. The van der Waals surface area contributed by atoms with Crippen LogP contribution < -0.4 is 10.1 Å². The van der Waals surface area contributed by atoms with Crippen molar-refractivity contribution in [3.05, 3.63) is 24.0 Å². The number of alkyl halides is 2. The van der Waals surface area contributed by atoms with Crippen molar-refractivity contribution in [2.24, 2.45) is 11.8 Å². The average Bonchev–Trinajstić information content (AvgIpc) is 2.36. The van der Waals surface area contributed by atoms with Gasteiger partial charge in [0.25, 0.3) is 6.43 Å². The molecule has 2 rings (SSSR count). The zero-order valence-electron chi connectivity index (χ0n) is 11.4. The van der Waals surface area contributed by atoms with Crippen LogP contribution in [0.25, 0.3) is 0 Å². The molecule has 1 amide bonds. The average molecular weight is 317 g/mol. The van der Waals surface area contributed by atoms with E-state index in [-0.39, 0.29) is 11.4 Å². The number of anilines is 1. The molecule has 2 N–H and O–H groups in total. The van der Waals surface area contributed by atoms with Crippen LogP contribution in [-0.4, -0.2) is 30.0 Å². The van der Waals surface area contributed by atoms with E-state index in [1.807, 2.05) is 0 Å². The van der Waals surface area contributed by atoms with Crippen molar-refractivity contribution >= 4 is 17.6 Å². The molecular weight excluding hydrogens is 303 g/mol. The van der Waals surface area contributed by atoms with Gasteiger partial charge in [0.15, 0.2) is 0 Å². The van der Waals surface area contributed by atoms with E-state index in [4.69, 9.17) is 9.84 Å². The highest BCUT2D eigenvalue weighted by atomic mass is 19.3. The summed E-state index contributed by atoms with van der Waals surface area (Å²) < 4.78 is 42.3. The first-order chi connectivity index (χ1) is 10.4. The van der Waals surface area contributed by atoms with Crippen molar-refractivity contribution in [2.45, 2.75) is 19.3 Å². The summed E-state index contributed by atoms with van der Waals surface area (Å²) in [6.07, 6.45) is -1.90. The predicted octanol–water partition coefficient (Wildman–Crippen LogP) is 2.52. The first-order valence-electron chi connectivity index (χ1n) is 6.62. The minimum atomic E-state index is -2.74. The highest BCUT2D eigenvalue weighted by Crippen LogP contribution is 2.36. The van der Waals surface area contributed by atoms with Crippen LogP contribution in [0.5, 0.6) is 5.75 Å². The number of carboxylic acid groups (broad SMARTS) is 1. The van der Waals surface area contributed by atoms with Crippen LogP contribution in [0.4, 0.5) is 18.9 Å². The summed E-state index contributed by atoms with van der Waals surface area (Å²) in [6, 6.07) is 3.11. The number of aliphatic carboxylic acids is 1. The van der Waals surface area contributed by atoms with Crippen LogP contribution in [0.3, 0.4) is 0 Å². The van der Waals surface area contributed by atoms with Gasteiger partial charge in [-0.25, -0.2) is 13.2 Å². The van der Waals surface area contributed by atoms with Crippen molar-refractivity contribution in [2.75, 3.05) is 11.9 Å². The summed E-state index contributed by atoms with van der Waals surface area (Å²) in [5, 5.41) is 11.3. The Balaban J connectivity index is 2.08. The second-order valence-electron chi connectivity index (χ2n) is 4.96. The van der Waals surface area contributed by atoms with E-state index >= 15 is 0 Å². The monoisotopic (exact) mass is 317 g/mol. The SMILES string of the molecule is O=C(O)C1CCC1C(=O)Nc1ccc(F)cc1OCC(F)F. The maximum Gasteiger partial charge on any atom is 0.307 e. The lowest BCUT2D eigenvalue weighted by Crippen LogP contribution is -2.41. The Morgan fingerprint density at radius 1 is 1.32 bits per heavy atom. The van der Waals surface area contributed by atoms with Crippen molar-refractivity contribution < 1.29 is 32.6 Å².